The molecule has 0 aliphatic rings. The summed E-state index contributed by atoms with van der Waals surface area (Å²) in [6, 6.07) is 5.82. The molecule has 2 nitrogen and oxygen atoms in total. The lowest BCUT2D eigenvalue weighted by atomic mass is 10.3. The predicted molar refractivity (Wildman–Crippen MR) is 76.1 cm³/mol. The van der Waals surface area contributed by atoms with E-state index in [9.17, 15) is 0 Å². The molecule has 0 aliphatic heterocycles. The molecule has 2 rings (SSSR count). The second kappa shape index (κ2) is 5.75. The average molecular weight is 273 g/mol. The number of benzene rings is 1. The number of aromatic nitrogens is 1. The highest BCUT2D eigenvalue weighted by Gasteiger charge is 2.03. The maximum atomic E-state index is 5.91. The summed E-state index contributed by atoms with van der Waals surface area (Å²) in [5.41, 5.74) is 0.975. The lowest BCUT2D eigenvalue weighted by molar-refractivity contribution is 1.21. The fraction of sp³-hybridized carbons (Fsp3) is 0.364. The first-order chi connectivity index (χ1) is 7.79. The lowest BCUT2D eigenvalue weighted by Crippen LogP contribution is -2.03. The van der Waals surface area contributed by atoms with Crippen LogP contribution < -0.4 is 5.32 Å². The SMILES string of the molecule is CCSCCNc1nc2cc(Cl)ccc2s1. The summed E-state index contributed by atoms with van der Waals surface area (Å²) in [7, 11) is 0. The van der Waals surface area contributed by atoms with Crippen LogP contribution in [-0.4, -0.2) is 23.0 Å². The summed E-state index contributed by atoms with van der Waals surface area (Å²) in [6.45, 7) is 3.14. The first-order valence-electron chi connectivity index (χ1n) is 5.17. The predicted octanol–water partition coefficient (Wildman–Crippen LogP) is 4.11. The molecule has 5 heteroatoms. The summed E-state index contributed by atoms with van der Waals surface area (Å²) in [6.07, 6.45) is 0. The van der Waals surface area contributed by atoms with Crippen molar-refractivity contribution in [1.82, 2.24) is 4.98 Å². The Morgan fingerprint density at radius 3 is 3.19 bits per heavy atom. The third-order valence-electron chi connectivity index (χ3n) is 2.08. The molecule has 1 aromatic carbocycles. The normalized spacial score (nSPS) is 10.9. The Balaban J connectivity index is 2.02. The number of fused-ring (bicyclic) bond motifs is 1. The van der Waals surface area contributed by atoms with Crippen molar-refractivity contribution in [3.63, 3.8) is 0 Å². The Bertz CT molecular complexity index is 470. The monoisotopic (exact) mass is 272 g/mol. The fourth-order valence-electron chi connectivity index (χ4n) is 1.35. The van der Waals surface area contributed by atoms with E-state index in [0.29, 0.717) is 0 Å². The van der Waals surface area contributed by atoms with Crippen molar-refractivity contribution >= 4 is 50.0 Å². The van der Waals surface area contributed by atoms with E-state index in [1.165, 1.54) is 4.70 Å². The van der Waals surface area contributed by atoms with Gasteiger partial charge in [-0.05, 0) is 24.0 Å². The van der Waals surface area contributed by atoms with Gasteiger partial charge in [-0.15, -0.1) is 0 Å². The van der Waals surface area contributed by atoms with Gasteiger partial charge >= 0.3 is 0 Å². The number of thioether (sulfide) groups is 1. The molecule has 86 valence electrons. The van der Waals surface area contributed by atoms with Crippen LogP contribution >= 0.6 is 34.7 Å². The molecule has 0 spiro atoms. The van der Waals surface area contributed by atoms with Crippen LogP contribution in [0.4, 0.5) is 5.13 Å². The summed E-state index contributed by atoms with van der Waals surface area (Å²) in [4.78, 5) is 4.48. The van der Waals surface area contributed by atoms with E-state index in [0.717, 1.165) is 33.7 Å². The van der Waals surface area contributed by atoms with E-state index in [4.69, 9.17) is 11.6 Å². The summed E-state index contributed by atoms with van der Waals surface area (Å²) >= 11 is 9.52. The van der Waals surface area contributed by atoms with Gasteiger partial charge in [0, 0.05) is 17.3 Å². The number of anilines is 1. The van der Waals surface area contributed by atoms with E-state index in [1.54, 1.807) is 11.3 Å². The minimum atomic E-state index is 0.742. The van der Waals surface area contributed by atoms with Crippen LogP contribution in [0.1, 0.15) is 6.92 Å². The molecule has 1 heterocycles. The van der Waals surface area contributed by atoms with Gasteiger partial charge in [0.1, 0.15) is 0 Å². The molecule has 0 atom stereocenters. The molecule has 0 saturated carbocycles. The molecule has 16 heavy (non-hydrogen) atoms. The maximum absolute atomic E-state index is 5.91. The Hall–Kier alpha value is -0.450. The van der Waals surface area contributed by atoms with E-state index in [-0.39, 0.29) is 0 Å². The Morgan fingerprint density at radius 2 is 2.38 bits per heavy atom. The molecule has 0 saturated heterocycles. The Morgan fingerprint density at radius 1 is 1.50 bits per heavy atom. The number of nitrogens with one attached hydrogen (secondary N) is 1. The summed E-state index contributed by atoms with van der Waals surface area (Å²) < 4.78 is 1.18. The van der Waals surface area contributed by atoms with Gasteiger partial charge in [0.2, 0.25) is 0 Å². The molecule has 0 aliphatic carbocycles. The fourth-order valence-corrected chi connectivity index (χ4v) is 2.92. The molecular weight excluding hydrogens is 260 g/mol. The third kappa shape index (κ3) is 3.03. The highest BCUT2D eigenvalue weighted by Crippen LogP contribution is 2.27. The number of hydrogen-bond acceptors (Lipinski definition) is 4. The van der Waals surface area contributed by atoms with Crippen molar-refractivity contribution in [3.05, 3.63) is 23.2 Å². The van der Waals surface area contributed by atoms with Crippen LogP contribution in [0.25, 0.3) is 10.2 Å². The van der Waals surface area contributed by atoms with Crippen molar-refractivity contribution in [2.24, 2.45) is 0 Å². The van der Waals surface area contributed by atoms with Crippen LogP contribution in [0.2, 0.25) is 5.02 Å². The van der Waals surface area contributed by atoms with Gasteiger partial charge in [0.15, 0.2) is 5.13 Å². The first-order valence-corrected chi connectivity index (χ1v) is 7.52. The van der Waals surface area contributed by atoms with Crippen molar-refractivity contribution < 1.29 is 0 Å². The molecule has 0 unspecified atom stereocenters. The molecule has 0 radical (unpaired) electrons. The molecule has 0 fully saturated rings. The van der Waals surface area contributed by atoms with Crippen molar-refractivity contribution in [3.8, 4) is 0 Å². The van der Waals surface area contributed by atoms with E-state index in [2.05, 4.69) is 17.2 Å². The standard InChI is InChI=1S/C11H13ClN2S2/c1-2-15-6-5-13-11-14-9-7-8(12)3-4-10(9)16-11/h3-4,7H,2,5-6H2,1H3,(H,13,14). The Kier molecular flexibility index (Phi) is 4.32. The minimum absolute atomic E-state index is 0.742. The van der Waals surface area contributed by atoms with Gasteiger partial charge in [-0.3, -0.25) is 0 Å². The Labute approximate surface area is 108 Å². The topological polar surface area (TPSA) is 24.9 Å². The zero-order valence-corrected chi connectivity index (χ0v) is 11.4. The van der Waals surface area contributed by atoms with Crippen molar-refractivity contribution in [1.29, 1.82) is 0 Å². The largest absolute Gasteiger partial charge is 0.361 e. The molecule has 2 aromatic rings. The van der Waals surface area contributed by atoms with Gasteiger partial charge in [-0.2, -0.15) is 11.8 Å². The minimum Gasteiger partial charge on any atom is -0.361 e. The molecule has 1 aromatic heterocycles. The number of thiazole rings is 1. The second-order valence-corrected chi connectivity index (χ2v) is 6.12. The maximum Gasteiger partial charge on any atom is 0.183 e. The van der Waals surface area contributed by atoms with E-state index in [1.807, 2.05) is 30.0 Å². The molecular formula is C11H13ClN2S2. The molecule has 0 amide bonds. The van der Waals surface area contributed by atoms with Crippen LogP contribution in [0, 0.1) is 0 Å². The van der Waals surface area contributed by atoms with Crippen molar-refractivity contribution in [2.45, 2.75) is 6.92 Å². The smallest absolute Gasteiger partial charge is 0.183 e. The van der Waals surface area contributed by atoms with Gasteiger partial charge in [-0.25, -0.2) is 4.98 Å². The van der Waals surface area contributed by atoms with Crippen molar-refractivity contribution in [2.75, 3.05) is 23.4 Å². The zero-order valence-electron chi connectivity index (χ0n) is 9.00. The van der Waals surface area contributed by atoms with Gasteiger partial charge in [0.25, 0.3) is 0 Å². The zero-order chi connectivity index (χ0) is 11.4. The van der Waals surface area contributed by atoms with Crippen LogP contribution in [0.3, 0.4) is 0 Å². The van der Waals surface area contributed by atoms with E-state index >= 15 is 0 Å². The van der Waals surface area contributed by atoms with Gasteiger partial charge in [-0.1, -0.05) is 29.9 Å². The van der Waals surface area contributed by atoms with Crippen LogP contribution in [-0.2, 0) is 0 Å². The van der Waals surface area contributed by atoms with Gasteiger partial charge in [0.05, 0.1) is 10.2 Å². The highest BCUT2D eigenvalue weighted by molar-refractivity contribution is 7.99. The number of nitrogens with zero attached hydrogens (tertiary/aromatic N) is 1. The number of halogens is 1. The summed E-state index contributed by atoms with van der Waals surface area (Å²) in [5, 5.41) is 5.05. The highest BCUT2D eigenvalue weighted by atomic mass is 35.5. The van der Waals surface area contributed by atoms with Crippen LogP contribution in [0.5, 0.6) is 0 Å². The number of rotatable bonds is 5. The third-order valence-corrected chi connectivity index (χ3v) is 4.21. The lowest BCUT2D eigenvalue weighted by Gasteiger charge is -1.99. The number of hydrogen-bond donors (Lipinski definition) is 1. The quantitative estimate of drug-likeness (QED) is 0.829. The average Bonchev–Trinajstić information content (AvgIpc) is 2.66. The second-order valence-electron chi connectivity index (χ2n) is 3.25. The first kappa shape index (κ1) is 12.0. The van der Waals surface area contributed by atoms with Gasteiger partial charge < -0.3 is 5.32 Å². The molecule has 0 bridgehead atoms. The van der Waals surface area contributed by atoms with E-state index < -0.39 is 0 Å². The molecule has 1 N–H and O–H groups in total. The summed E-state index contributed by atoms with van der Waals surface area (Å²) in [5.74, 6) is 2.28. The van der Waals surface area contributed by atoms with Crippen LogP contribution in [0.15, 0.2) is 18.2 Å².